The molecular weight excluding hydrogens is 420 g/mol. The molecule has 0 spiro atoms. The van der Waals surface area contributed by atoms with Gasteiger partial charge < -0.3 is 4.74 Å². The van der Waals surface area contributed by atoms with Crippen molar-refractivity contribution >= 4 is 45.1 Å². The molecule has 1 aromatic carbocycles. The van der Waals surface area contributed by atoms with Gasteiger partial charge in [0.15, 0.2) is 5.16 Å². The number of rotatable bonds is 4. The van der Waals surface area contributed by atoms with Crippen LogP contribution in [0.25, 0.3) is 21.7 Å². The summed E-state index contributed by atoms with van der Waals surface area (Å²) in [6, 6.07) is 9.50. The molecule has 1 atom stereocenters. The van der Waals surface area contributed by atoms with Crippen molar-refractivity contribution in [1.29, 1.82) is 0 Å². The maximum absolute atomic E-state index is 13.7. The standard InChI is InChI=1S/C21H20N4O3S2/c1-12-8-9-14-15(10-12)30-19-17(14)18(27)24(13-6-4-3-5-7-13)20-22-23-21(25(19)20)29-11-16(26)28-2/h3-7,12H,8-11H2,1-2H3/t12-/m0/s1. The number of thiophene rings is 1. The van der Waals surface area contributed by atoms with Crippen molar-refractivity contribution in [3.05, 3.63) is 51.1 Å². The van der Waals surface area contributed by atoms with Crippen LogP contribution in [0.5, 0.6) is 0 Å². The fourth-order valence-corrected chi connectivity index (χ4v) is 6.31. The number of fused-ring (bicyclic) bond motifs is 5. The Kier molecular flexibility index (Phi) is 4.86. The number of ether oxygens (including phenoxy) is 1. The zero-order chi connectivity index (χ0) is 20.8. The Labute approximate surface area is 180 Å². The number of hydrogen-bond acceptors (Lipinski definition) is 7. The fourth-order valence-electron chi connectivity index (χ4n) is 3.99. The molecule has 0 unspecified atom stereocenters. The molecule has 0 radical (unpaired) electrons. The summed E-state index contributed by atoms with van der Waals surface area (Å²) in [6.07, 6.45) is 2.96. The maximum atomic E-state index is 13.7. The highest BCUT2D eigenvalue weighted by Crippen LogP contribution is 2.38. The summed E-state index contributed by atoms with van der Waals surface area (Å²) in [5.41, 5.74) is 1.84. The first-order chi connectivity index (χ1) is 14.6. The van der Waals surface area contributed by atoms with Crippen LogP contribution in [-0.4, -0.2) is 38.0 Å². The van der Waals surface area contributed by atoms with E-state index in [0.29, 0.717) is 16.9 Å². The van der Waals surface area contributed by atoms with Crippen LogP contribution >= 0.6 is 23.1 Å². The molecular formula is C21H20N4O3S2. The van der Waals surface area contributed by atoms with E-state index in [1.54, 1.807) is 15.9 Å². The Balaban J connectivity index is 1.83. The Morgan fingerprint density at radius 2 is 2.10 bits per heavy atom. The van der Waals surface area contributed by atoms with Crippen molar-refractivity contribution in [1.82, 2.24) is 19.2 Å². The molecule has 0 saturated heterocycles. The minimum atomic E-state index is -0.330. The lowest BCUT2D eigenvalue weighted by atomic mass is 9.89. The molecule has 0 aliphatic heterocycles. The van der Waals surface area contributed by atoms with Crippen LogP contribution < -0.4 is 5.56 Å². The third-order valence-electron chi connectivity index (χ3n) is 5.49. The summed E-state index contributed by atoms with van der Waals surface area (Å²) in [7, 11) is 1.37. The topological polar surface area (TPSA) is 78.5 Å². The van der Waals surface area contributed by atoms with Crippen LogP contribution in [0.15, 0.2) is 40.3 Å². The number of carbonyl (C=O) groups excluding carboxylic acids is 1. The predicted octanol–water partition coefficient (Wildman–Crippen LogP) is 3.48. The van der Waals surface area contributed by atoms with E-state index in [-0.39, 0.29) is 17.3 Å². The SMILES string of the molecule is COC(=O)CSc1nnc2n(-c3ccccc3)c(=O)c3c4c(sc3n12)C[C@@H](C)CC4. The predicted molar refractivity (Wildman–Crippen MR) is 118 cm³/mol. The van der Waals surface area contributed by atoms with Gasteiger partial charge in [-0.3, -0.25) is 9.59 Å². The Morgan fingerprint density at radius 3 is 2.87 bits per heavy atom. The summed E-state index contributed by atoms with van der Waals surface area (Å²) in [5, 5.41) is 9.98. The number of hydrogen-bond donors (Lipinski definition) is 0. The van der Waals surface area contributed by atoms with Crippen molar-refractivity contribution < 1.29 is 9.53 Å². The summed E-state index contributed by atoms with van der Waals surface area (Å²) < 4.78 is 8.32. The van der Waals surface area contributed by atoms with E-state index in [1.165, 1.54) is 23.7 Å². The second kappa shape index (κ2) is 7.55. The Hall–Kier alpha value is -2.65. The van der Waals surface area contributed by atoms with E-state index >= 15 is 0 Å². The summed E-state index contributed by atoms with van der Waals surface area (Å²) in [4.78, 5) is 27.5. The molecule has 0 bridgehead atoms. The van der Waals surface area contributed by atoms with E-state index in [1.807, 2.05) is 34.7 Å². The number of aryl methyl sites for hydroxylation is 1. The molecule has 3 heterocycles. The van der Waals surface area contributed by atoms with Crippen molar-refractivity contribution in [2.45, 2.75) is 31.3 Å². The fraction of sp³-hybridized carbons (Fsp3) is 0.333. The maximum Gasteiger partial charge on any atom is 0.316 e. The molecule has 3 aromatic heterocycles. The molecule has 9 heteroatoms. The number of thioether (sulfide) groups is 1. The van der Waals surface area contributed by atoms with Gasteiger partial charge in [0, 0.05) is 4.88 Å². The zero-order valence-corrected chi connectivity index (χ0v) is 18.3. The normalized spacial score (nSPS) is 16.1. The largest absolute Gasteiger partial charge is 0.468 e. The van der Waals surface area contributed by atoms with Gasteiger partial charge in [-0.05, 0) is 42.9 Å². The van der Waals surface area contributed by atoms with Crippen LogP contribution in [0.1, 0.15) is 23.8 Å². The van der Waals surface area contributed by atoms with Crippen LogP contribution in [-0.2, 0) is 22.4 Å². The number of benzene rings is 1. The monoisotopic (exact) mass is 440 g/mol. The molecule has 30 heavy (non-hydrogen) atoms. The van der Waals surface area contributed by atoms with E-state index in [4.69, 9.17) is 4.74 Å². The molecule has 1 aliphatic carbocycles. The van der Waals surface area contributed by atoms with Crippen LogP contribution in [0.2, 0.25) is 0 Å². The van der Waals surface area contributed by atoms with Gasteiger partial charge in [-0.2, -0.15) is 0 Å². The first-order valence-electron chi connectivity index (χ1n) is 9.78. The highest BCUT2D eigenvalue weighted by atomic mass is 32.2. The average Bonchev–Trinajstić information content (AvgIpc) is 3.34. The number of nitrogens with zero attached hydrogens (tertiary/aromatic N) is 4. The van der Waals surface area contributed by atoms with Gasteiger partial charge in [0.05, 0.1) is 23.9 Å². The molecule has 4 aromatic rings. The lowest BCUT2D eigenvalue weighted by Gasteiger charge is -2.17. The third-order valence-corrected chi connectivity index (χ3v) is 7.63. The van der Waals surface area contributed by atoms with Gasteiger partial charge in [0.25, 0.3) is 5.56 Å². The van der Waals surface area contributed by atoms with Crippen LogP contribution in [0, 0.1) is 5.92 Å². The number of esters is 1. The van der Waals surface area contributed by atoms with Crippen molar-refractivity contribution in [2.75, 3.05) is 12.9 Å². The number of carbonyl (C=O) groups is 1. The van der Waals surface area contributed by atoms with Crippen LogP contribution in [0.3, 0.4) is 0 Å². The molecule has 0 fully saturated rings. The molecule has 0 amide bonds. The molecule has 1 aliphatic rings. The third kappa shape index (κ3) is 3.04. The lowest BCUT2D eigenvalue weighted by molar-refractivity contribution is -0.137. The van der Waals surface area contributed by atoms with Gasteiger partial charge in [-0.15, -0.1) is 21.5 Å². The summed E-state index contributed by atoms with van der Waals surface area (Å²) in [5.74, 6) is 0.860. The van der Waals surface area contributed by atoms with Gasteiger partial charge in [0.1, 0.15) is 4.83 Å². The molecule has 7 nitrogen and oxygen atoms in total. The van der Waals surface area contributed by atoms with E-state index < -0.39 is 0 Å². The van der Waals surface area contributed by atoms with E-state index in [0.717, 1.165) is 40.7 Å². The second-order valence-electron chi connectivity index (χ2n) is 7.49. The lowest BCUT2D eigenvalue weighted by Crippen LogP contribution is -2.22. The first-order valence-corrected chi connectivity index (χ1v) is 11.6. The van der Waals surface area contributed by atoms with Gasteiger partial charge in [0.2, 0.25) is 5.78 Å². The van der Waals surface area contributed by atoms with E-state index in [2.05, 4.69) is 17.1 Å². The second-order valence-corrected chi connectivity index (χ2v) is 9.52. The highest BCUT2D eigenvalue weighted by Gasteiger charge is 2.27. The number of para-hydroxylation sites is 1. The first kappa shape index (κ1) is 19.3. The summed E-state index contributed by atoms with van der Waals surface area (Å²) in [6.45, 7) is 2.25. The minimum Gasteiger partial charge on any atom is -0.468 e. The van der Waals surface area contributed by atoms with Crippen molar-refractivity contribution in [3.63, 3.8) is 0 Å². The van der Waals surface area contributed by atoms with Gasteiger partial charge in [-0.25, -0.2) is 8.97 Å². The molecule has 154 valence electrons. The number of methoxy groups -OCH3 is 1. The summed E-state index contributed by atoms with van der Waals surface area (Å²) >= 11 is 2.92. The highest BCUT2D eigenvalue weighted by molar-refractivity contribution is 7.99. The molecule has 0 saturated carbocycles. The smallest absolute Gasteiger partial charge is 0.316 e. The zero-order valence-electron chi connectivity index (χ0n) is 16.6. The van der Waals surface area contributed by atoms with E-state index in [9.17, 15) is 9.59 Å². The molecule has 0 N–H and O–H groups in total. The van der Waals surface area contributed by atoms with Crippen molar-refractivity contribution in [2.24, 2.45) is 5.92 Å². The van der Waals surface area contributed by atoms with Gasteiger partial charge >= 0.3 is 5.97 Å². The minimum absolute atomic E-state index is 0.0623. The Morgan fingerprint density at radius 1 is 1.30 bits per heavy atom. The average molecular weight is 441 g/mol. The molecule has 5 rings (SSSR count). The van der Waals surface area contributed by atoms with Gasteiger partial charge in [-0.1, -0.05) is 36.9 Å². The van der Waals surface area contributed by atoms with Crippen molar-refractivity contribution in [3.8, 4) is 5.69 Å². The number of aromatic nitrogens is 4. The van der Waals surface area contributed by atoms with Crippen LogP contribution in [0.4, 0.5) is 0 Å². The Bertz CT molecular complexity index is 1320. The quantitative estimate of drug-likeness (QED) is 0.357.